The van der Waals surface area contributed by atoms with Crippen molar-refractivity contribution in [3.8, 4) is 0 Å². The van der Waals surface area contributed by atoms with E-state index in [1.165, 1.54) is 26.2 Å². The molecular weight excluding hydrogens is 217 g/mol. The van der Waals surface area contributed by atoms with Gasteiger partial charge in [0, 0.05) is 5.56 Å². The molecule has 0 aliphatic carbocycles. The second-order valence-corrected chi connectivity index (χ2v) is 3.21. The van der Waals surface area contributed by atoms with Crippen molar-refractivity contribution in [1.29, 1.82) is 0 Å². The fraction of sp³-hybridized carbons (Fsp3) is 0.300. The Hall–Kier alpha value is -1.98. The molecule has 0 fully saturated rings. The van der Waals surface area contributed by atoms with E-state index in [1.54, 1.807) is 0 Å². The number of carbonyl (C=O) groups excluding carboxylic acids is 1. The second kappa shape index (κ2) is 4.69. The molecule has 6 heteroatoms. The molecular formula is C10H10FNO4. The highest BCUT2D eigenvalue weighted by atomic mass is 19.1. The molecule has 0 atom stereocenters. The zero-order valence-corrected chi connectivity index (χ0v) is 8.82. The highest BCUT2D eigenvalue weighted by molar-refractivity contribution is 5.74. The summed E-state index contributed by atoms with van der Waals surface area (Å²) in [5.41, 5.74) is -0.481. The van der Waals surface area contributed by atoms with E-state index in [0.717, 1.165) is 0 Å². The van der Waals surface area contributed by atoms with Gasteiger partial charge in [-0.1, -0.05) is 12.1 Å². The third-order valence-corrected chi connectivity index (χ3v) is 2.14. The maximum absolute atomic E-state index is 13.5. The van der Waals surface area contributed by atoms with E-state index in [4.69, 9.17) is 0 Å². The summed E-state index contributed by atoms with van der Waals surface area (Å²) in [6, 6.07) is 2.74. The standard InChI is InChI=1S/C10H10FNO4/c1-6-3-4-7(5-8(13)16-2)10(9(6)11)12(14)15/h3-4H,5H2,1-2H3. The zero-order chi connectivity index (χ0) is 12.3. The lowest BCUT2D eigenvalue weighted by atomic mass is 10.1. The van der Waals surface area contributed by atoms with Crippen molar-refractivity contribution < 1.29 is 18.8 Å². The van der Waals surface area contributed by atoms with Crippen molar-refractivity contribution in [3.63, 3.8) is 0 Å². The average molecular weight is 227 g/mol. The van der Waals surface area contributed by atoms with Crippen LogP contribution in [0.25, 0.3) is 0 Å². The van der Waals surface area contributed by atoms with Gasteiger partial charge < -0.3 is 4.74 Å². The van der Waals surface area contributed by atoms with Gasteiger partial charge in [-0.05, 0) is 12.5 Å². The molecule has 0 amide bonds. The van der Waals surface area contributed by atoms with Crippen LogP contribution in [0, 0.1) is 22.9 Å². The Morgan fingerprint density at radius 1 is 1.56 bits per heavy atom. The third kappa shape index (κ3) is 2.33. The van der Waals surface area contributed by atoms with Gasteiger partial charge in [0.2, 0.25) is 5.82 Å². The molecule has 0 radical (unpaired) electrons. The molecule has 0 aliphatic heterocycles. The highest BCUT2D eigenvalue weighted by Crippen LogP contribution is 2.25. The van der Waals surface area contributed by atoms with Crippen LogP contribution < -0.4 is 0 Å². The Balaban J connectivity index is 3.23. The number of hydrogen-bond donors (Lipinski definition) is 0. The molecule has 86 valence electrons. The van der Waals surface area contributed by atoms with Gasteiger partial charge in [0.15, 0.2) is 0 Å². The first-order valence-electron chi connectivity index (χ1n) is 4.46. The van der Waals surface area contributed by atoms with Crippen LogP contribution in [-0.2, 0) is 16.0 Å². The van der Waals surface area contributed by atoms with Gasteiger partial charge in [-0.25, -0.2) is 0 Å². The maximum Gasteiger partial charge on any atom is 0.310 e. The minimum atomic E-state index is -0.911. The number of methoxy groups -OCH3 is 1. The molecule has 0 saturated carbocycles. The van der Waals surface area contributed by atoms with E-state index in [-0.39, 0.29) is 17.5 Å². The van der Waals surface area contributed by atoms with E-state index in [2.05, 4.69) is 4.74 Å². The summed E-state index contributed by atoms with van der Waals surface area (Å²) < 4.78 is 17.8. The lowest BCUT2D eigenvalue weighted by Crippen LogP contribution is -2.08. The van der Waals surface area contributed by atoms with Gasteiger partial charge >= 0.3 is 11.7 Å². The molecule has 0 unspecified atom stereocenters. The van der Waals surface area contributed by atoms with Gasteiger partial charge in [0.1, 0.15) is 0 Å². The quantitative estimate of drug-likeness (QED) is 0.448. The fourth-order valence-electron chi connectivity index (χ4n) is 1.27. The van der Waals surface area contributed by atoms with E-state index in [1.807, 2.05) is 0 Å². The Kier molecular flexibility index (Phi) is 3.55. The van der Waals surface area contributed by atoms with Crippen molar-refractivity contribution in [2.24, 2.45) is 0 Å². The van der Waals surface area contributed by atoms with Crippen molar-refractivity contribution in [1.82, 2.24) is 0 Å². The Morgan fingerprint density at radius 2 is 2.19 bits per heavy atom. The summed E-state index contributed by atoms with van der Waals surface area (Å²) >= 11 is 0. The molecule has 0 aromatic heterocycles. The minimum absolute atomic E-state index is 0.0138. The number of nitro groups is 1. The summed E-state index contributed by atoms with van der Waals surface area (Å²) in [6.07, 6.45) is -0.315. The number of benzene rings is 1. The number of carbonyl (C=O) groups is 1. The van der Waals surface area contributed by atoms with Crippen LogP contribution in [0.15, 0.2) is 12.1 Å². The number of rotatable bonds is 3. The Labute approximate surface area is 91.0 Å². The molecule has 0 saturated heterocycles. The van der Waals surface area contributed by atoms with E-state index >= 15 is 0 Å². The number of hydrogen-bond acceptors (Lipinski definition) is 4. The van der Waals surface area contributed by atoms with Crippen LogP contribution >= 0.6 is 0 Å². The topological polar surface area (TPSA) is 69.4 Å². The predicted octanol–water partition coefficient (Wildman–Crippen LogP) is 1.76. The first kappa shape index (κ1) is 12.1. The summed E-state index contributed by atoms with van der Waals surface area (Å²) in [5.74, 6) is -1.56. The lowest BCUT2D eigenvalue weighted by molar-refractivity contribution is -0.388. The van der Waals surface area contributed by atoms with Crippen molar-refractivity contribution in [3.05, 3.63) is 39.2 Å². The van der Waals surface area contributed by atoms with Crippen LogP contribution in [0.4, 0.5) is 10.1 Å². The number of nitrogens with zero attached hydrogens (tertiary/aromatic N) is 1. The number of aryl methyl sites for hydroxylation is 1. The van der Waals surface area contributed by atoms with Gasteiger partial charge in [-0.2, -0.15) is 4.39 Å². The van der Waals surface area contributed by atoms with E-state index < -0.39 is 22.4 Å². The maximum atomic E-state index is 13.5. The van der Waals surface area contributed by atoms with E-state index in [0.29, 0.717) is 0 Å². The monoisotopic (exact) mass is 227 g/mol. The van der Waals surface area contributed by atoms with Crippen molar-refractivity contribution in [2.75, 3.05) is 7.11 Å². The molecule has 0 N–H and O–H groups in total. The number of esters is 1. The third-order valence-electron chi connectivity index (χ3n) is 2.14. The van der Waals surface area contributed by atoms with Gasteiger partial charge in [0.05, 0.1) is 18.5 Å². The fourth-order valence-corrected chi connectivity index (χ4v) is 1.27. The Bertz CT molecular complexity index is 445. The van der Waals surface area contributed by atoms with Crippen LogP contribution in [0.1, 0.15) is 11.1 Å². The second-order valence-electron chi connectivity index (χ2n) is 3.21. The predicted molar refractivity (Wildman–Crippen MR) is 53.5 cm³/mol. The number of nitro benzene ring substituents is 1. The molecule has 0 bridgehead atoms. The summed E-state index contributed by atoms with van der Waals surface area (Å²) in [4.78, 5) is 20.8. The van der Waals surface area contributed by atoms with Crippen LogP contribution in [0.3, 0.4) is 0 Å². The number of ether oxygens (including phenoxy) is 1. The Morgan fingerprint density at radius 3 is 2.69 bits per heavy atom. The molecule has 16 heavy (non-hydrogen) atoms. The molecule has 0 aliphatic rings. The molecule has 5 nitrogen and oxygen atoms in total. The van der Waals surface area contributed by atoms with Gasteiger partial charge in [-0.15, -0.1) is 0 Å². The molecule has 1 aromatic rings. The first-order chi connectivity index (χ1) is 7.47. The van der Waals surface area contributed by atoms with Crippen molar-refractivity contribution >= 4 is 11.7 Å². The SMILES string of the molecule is COC(=O)Cc1ccc(C)c(F)c1[N+](=O)[O-]. The number of halogens is 1. The minimum Gasteiger partial charge on any atom is -0.469 e. The van der Waals surface area contributed by atoms with Crippen LogP contribution in [0.5, 0.6) is 0 Å². The van der Waals surface area contributed by atoms with Crippen molar-refractivity contribution in [2.45, 2.75) is 13.3 Å². The summed E-state index contributed by atoms with van der Waals surface area (Å²) in [6.45, 7) is 1.42. The largest absolute Gasteiger partial charge is 0.469 e. The van der Waals surface area contributed by atoms with Crippen LogP contribution in [-0.4, -0.2) is 18.0 Å². The van der Waals surface area contributed by atoms with E-state index in [9.17, 15) is 19.3 Å². The van der Waals surface area contributed by atoms with Crippen LogP contribution in [0.2, 0.25) is 0 Å². The average Bonchev–Trinajstić information content (AvgIpc) is 2.23. The summed E-state index contributed by atoms with van der Waals surface area (Å²) in [5, 5.41) is 10.7. The normalized spacial score (nSPS) is 9.94. The smallest absolute Gasteiger partial charge is 0.310 e. The highest BCUT2D eigenvalue weighted by Gasteiger charge is 2.23. The first-order valence-corrected chi connectivity index (χ1v) is 4.46. The lowest BCUT2D eigenvalue weighted by Gasteiger charge is -2.04. The molecule has 1 aromatic carbocycles. The van der Waals surface area contributed by atoms with Gasteiger partial charge in [0.25, 0.3) is 0 Å². The zero-order valence-electron chi connectivity index (χ0n) is 8.82. The van der Waals surface area contributed by atoms with Gasteiger partial charge in [-0.3, -0.25) is 14.9 Å². The summed E-state index contributed by atoms with van der Waals surface area (Å²) in [7, 11) is 1.17. The molecule has 0 heterocycles. The molecule has 0 spiro atoms. The molecule has 1 rings (SSSR count).